The Balaban J connectivity index is 1.92. The fraction of sp³-hybridized carbons (Fsp3) is 0.909. The molecule has 1 amide bonds. The molecular weight excluding hydrogens is 206 g/mol. The molecule has 1 aliphatic heterocycles. The molecular formula is C11H21N3O2. The van der Waals surface area contributed by atoms with Gasteiger partial charge in [0.15, 0.2) is 0 Å². The van der Waals surface area contributed by atoms with E-state index in [1.165, 1.54) is 0 Å². The number of rotatable bonds is 3. The lowest BCUT2D eigenvalue weighted by Crippen LogP contribution is -2.63. The minimum absolute atomic E-state index is 0.0124. The van der Waals surface area contributed by atoms with E-state index in [9.17, 15) is 4.79 Å². The number of methoxy groups -OCH3 is 1. The summed E-state index contributed by atoms with van der Waals surface area (Å²) in [5.74, 6) is 0.119. The van der Waals surface area contributed by atoms with Gasteiger partial charge >= 0.3 is 0 Å². The van der Waals surface area contributed by atoms with E-state index in [0.717, 1.165) is 32.5 Å². The van der Waals surface area contributed by atoms with E-state index < -0.39 is 0 Å². The summed E-state index contributed by atoms with van der Waals surface area (Å²) in [6, 6.07) is 0.510. The zero-order chi connectivity index (χ0) is 11.5. The molecule has 5 nitrogen and oxygen atoms in total. The molecule has 0 radical (unpaired) electrons. The van der Waals surface area contributed by atoms with Crippen LogP contribution < -0.4 is 10.6 Å². The number of amides is 1. The van der Waals surface area contributed by atoms with Gasteiger partial charge in [-0.15, -0.1) is 0 Å². The monoisotopic (exact) mass is 227 g/mol. The lowest BCUT2D eigenvalue weighted by atomic mass is 9.86. The molecule has 2 fully saturated rings. The van der Waals surface area contributed by atoms with Crippen molar-refractivity contribution in [3.8, 4) is 0 Å². The van der Waals surface area contributed by atoms with E-state index in [-0.39, 0.29) is 11.9 Å². The van der Waals surface area contributed by atoms with E-state index in [1.54, 1.807) is 14.2 Å². The van der Waals surface area contributed by atoms with Gasteiger partial charge in [0.1, 0.15) is 6.04 Å². The fourth-order valence-electron chi connectivity index (χ4n) is 2.57. The number of nitrogens with one attached hydrogen (secondary N) is 2. The Labute approximate surface area is 96.5 Å². The average Bonchev–Trinajstić information content (AvgIpc) is 2.27. The number of hydrogen-bond donors (Lipinski definition) is 2. The molecule has 0 spiro atoms. The average molecular weight is 227 g/mol. The molecule has 2 aliphatic rings. The second kappa shape index (κ2) is 5.12. The van der Waals surface area contributed by atoms with Crippen LogP contribution in [0.3, 0.4) is 0 Å². The Morgan fingerprint density at radius 3 is 2.88 bits per heavy atom. The van der Waals surface area contributed by atoms with E-state index >= 15 is 0 Å². The lowest BCUT2D eigenvalue weighted by Gasteiger charge is -2.47. The molecule has 5 heteroatoms. The van der Waals surface area contributed by atoms with Crippen molar-refractivity contribution in [2.75, 3.05) is 33.8 Å². The summed E-state index contributed by atoms with van der Waals surface area (Å²) < 4.78 is 5.29. The number of hydrogen-bond acceptors (Lipinski definition) is 4. The summed E-state index contributed by atoms with van der Waals surface area (Å²) in [5, 5.41) is 6.02. The molecule has 0 aromatic heterocycles. The van der Waals surface area contributed by atoms with Gasteiger partial charge < -0.3 is 15.4 Å². The van der Waals surface area contributed by atoms with Gasteiger partial charge in [-0.2, -0.15) is 0 Å². The Kier molecular flexibility index (Phi) is 3.78. The number of ether oxygens (including phenoxy) is 1. The summed E-state index contributed by atoms with van der Waals surface area (Å²) in [4.78, 5) is 14.1. The van der Waals surface area contributed by atoms with Crippen LogP contribution in [0.1, 0.15) is 12.8 Å². The Morgan fingerprint density at radius 1 is 1.50 bits per heavy atom. The SMILES string of the molecule is CNC(=O)C1CNCCN1C1CC(OC)C1. The van der Waals surface area contributed by atoms with Crippen LogP contribution in [0.15, 0.2) is 0 Å². The number of carbonyl (C=O) groups is 1. The standard InChI is InChI=1S/C11H21N3O2/c1-12-11(15)10-7-13-3-4-14(10)8-5-9(6-8)16-2/h8-10,13H,3-7H2,1-2H3,(H,12,15). The van der Waals surface area contributed by atoms with Crippen LogP contribution in [0, 0.1) is 0 Å². The van der Waals surface area contributed by atoms with Crippen molar-refractivity contribution in [3.05, 3.63) is 0 Å². The van der Waals surface area contributed by atoms with Gasteiger partial charge in [-0.05, 0) is 12.8 Å². The Bertz CT molecular complexity index is 254. The van der Waals surface area contributed by atoms with Gasteiger partial charge in [0.2, 0.25) is 5.91 Å². The largest absolute Gasteiger partial charge is 0.381 e. The summed E-state index contributed by atoms with van der Waals surface area (Å²) in [7, 11) is 3.46. The van der Waals surface area contributed by atoms with Crippen LogP contribution in [-0.4, -0.2) is 62.8 Å². The smallest absolute Gasteiger partial charge is 0.238 e. The molecule has 2 N–H and O–H groups in total. The third-order valence-corrected chi connectivity index (χ3v) is 3.71. The van der Waals surface area contributed by atoms with Gasteiger partial charge in [0.25, 0.3) is 0 Å². The molecule has 92 valence electrons. The summed E-state index contributed by atoms with van der Waals surface area (Å²) in [5.41, 5.74) is 0. The molecule has 1 unspecified atom stereocenters. The first-order valence-electron chi connectivity index (χ1n) is 5.97. The molecule has 0 aromatic carbocycles. The molecule has 0 bridgehead atoms. The van der Waals surface area contributed by atoms with Crippen molar-refractivity contribution in [2.45, 2.75) is 31.0 Å². The maximum atomic E-state index is 11.7. The maximum Gasteiger partial charge on any atom is 0.238 e. The van der Waals surface area contributed by atoms with Crippen LogP contribution >= 0.6 is 0 Å². The lowest BCUT2D eigenvalue weighted by molar-refractivity contribution is -0.130. The first kappa shape index (κ1) is 11.8. The van der Waals surface area contributed by atoms with Crippen LogP contribution in [0.25, 0.3) is 0 Å². The highest BCUT2D eigenvalue weighted by Crippen LogP contribution is 2.29. The number of piperazine rings is 1. The van der Waals surface area contributed by atoms with Crippen LogP contribution in [0.5, 0.6) is 0 Å². The van der Waals surface area contributed by atoms with Crippen molar-refractivity contribution < 1.29 is 9.53 Å². The normalized spacial score (nSPS) is 35.5. The minimum Gasteiger partial charge on any atom is -0.381 e. The molecule has 1 aliphatic carbocycles. The number of nitrogens with zero attached hydrogens (tertiary/aromatic N) is 1. The maximum absolute atomic E-state index is 11.7. The molecule has 2 rings (SSSR count). The van der Waals surface area contributed by atoms with Gasteiger partial charge in [-0.25, -0.2) is 0 Å². The van der Waals surface area contributed by atoms with Crippen molar-refractivity contribution in [3.63, 3.8) is 0 Å². The predicted octanol–water partition coefficient (Wildman–Crippen LogP) is -0.816. The zero-order valence-corrected chi connectivity index (χ0v) is 10.0. The molecule has 1 atom stereocenters. The third-order valence-electron chi connectivity index (χ3n) is 3.71. The summed E-state index contributed by atoms with van der Waals surface area (Å²) in [6.45, 7) is 2.69. The molecule has 1 saturated carbocycles. The summed E-state index contributed by atoms with van der Waals surface area (Å²) in [6.07, 6.45) is 2.51. The molecule has 1 saturated heterocycles. The topological polar surface area (TPSA) is 53.6 Å². The number of likely N-dealkylation sites (N-methyl/N-ethyl adjacent to an activating group) is 1. The van der Waals surface area contributed by atoms with Crippen molar-refractivity contribution in [1.29, 1.82) is 0 Å². The van der Waals surface area contributed by atoms with Crippen LogP contribution in [0.4, 0.5) is 0 Å². The van der Waals surface area contributed by atoms with E-state index in [0.29, 0.717) is 12.1 Å². The van der Waals surface area contributed by atoms with Crippen molar-refractivity contribution >= 4 is 5.91 Å². The quantitative estimate of drug-likeness (QED) is 0.662. The second-order valence-corrected chi connectivity index (χ2v) is 4.55. The predicted molar refractivity (Wildman–Crippen MR) is 61.2 cm³/mol. The highest BCUT2D eigenvalue weighted by Gasteiger charge is 2.39. The van der Waals surface area contributed by atoms with Gasteiger partial charge in [0.05, 0.1) is 6.10 Å². The third kappa shape index (κ3) is 2.21. The van der Waals surface area contributed by atoms with Crippen molar-refractivity contribution in [2.24, 2.45) is 0 Å². The van der Waals surface area contributed by atoms with Crippen LogP contribution in [-0.2, 0) is 9.53 Å². The van der Waals surface area contributed by atoms with E-state index in [1.807, 2.05) is 0 Å². The minimum atomic E-state index is -0.0124. The zero-order valence-electron chi connectivity index (χ0n) is 10.0. The second-order valence-electron chi connectivity index (χ2n) is 4.55. The van der Waals surface area contributed by atoms with Crippen molar-refractivity contribution in [1.82, 2.24) is 15.5 Å². The molecule has 1 heterocycles. The van der Waals surface area contributed by atoms with E-state index in [4.69, 9.17) is 4.74 Å². The highest BCUT2D eigenvalue weighted by atomic mass is 16.5. The molecule has 0 aromatic rings. The number of carbonyl (C=O) groups excluding carboxylic acids is 1. The Hall–Kier alpha value is -0.650. The highest BCUT2D eigenvalue weighted by molar-refractivity contribution is 5.81. The summed E-state index contributed by atoms with van der Waals surface area (Å²) >= 11 is 0. The van der Waals surface area contributed by atoms with Gasteiger partial charge in [-0.3, -0.25) is 9.69 Å². The van der Waals surface area contributed by atoms with E-state index in [2.05, 4.69) is 15.5 Å². The molecule has 16 heavy (non-hydrogen) atoms. The van der Waals surface area contributed by atoms with Gasteiger partial charge in [0, 0.05) is 39.8 Å². The van der Waals surface area contributed by atoms with Gasteiger partial charge in [-0.1, -0.05) is 0 Å². The fourth-order valence-corrected chi connectivity index (χ4v) is 2.57. The van der Waals surface area contributed by atoms with Crippen LogP contribution in [0.2, 0.25) is 0 Å². The Morgan fingerprint density at radius 2 is 2.25 bits per heavy atom. The first-order chi connectivity index (χ1) is 7.76. The first-order valence-corrected chi connectivity index (χ1v) is 5.97.